The fraction of sp³-hybridized carbons (Fsp3) is 0.312. The van der Waals surface area contributed by atoms with Gasteiger partial charge in [0.05, 0.1) is 0 Å². The molecule has 1 aromatic heterocycles. The van der Waals surface area contributed by atoms with Crippen LogP contribution in [0.2, 0.25) is 0 Å². The van der Waals surface area contributed by atoms with E-state index in [1.807, 2.05) is 57.2 Å². The zero-order chi connectivity index (χ0) is 28.9. The fourth-order valence-corrected chi connectivity index (χ4v) is 5.42. The van der Waals surface area contributed by atoms with Crippen molar-refractivity contribution in [1.82, 2.24) is 25.8 Å². The van der Waals surface area contributed by atoms with E-state index < -0.39 is 17.6 Å². The molecule has 6 rings (SSSR count). The number of carbonyl (C=O) groups is 2. The minimum Gasteiger partial charge on any atom is -0.484 e. The van der Waals surface area contributed by atoms with Crippen molar-refractivity contribution in [3.8, 4) is 16.9 Å². The lowest BCUT2D eigenvalue weighted by Gasteiger charge is -2.18. The number of aromatic nitrogens is 3. The number of carbonyl (C=O) groups excluding carboxylic acids is 2. The van der Waals surface area contributed by atoms with Gasteiger partial charge in [0.2, 0.25) is 5.91 Å². The zero-order valence-electron chi connectivity index (χ0n) is 23.4. The summed E-state index contributed by atoms with van der Waals surface area (Å²) in [7, 11) is 1.59. The van der Waals surface area contributed by atoms with E-state index in [1.165, 1.54) is 12.1 Å². The number of nitrogens with one attached hydrogen (secondary N) is 3. The largest absolute Gasteiger partial charge is 0.484 e. The predicted molar refractivity (Wildman–Crippen MR) is 152 cm³/mol. The predicted octanol–water partition coefficient (Wildman–Crippen LogP) is 5.43. The van der Waals surface area contributed by atoms with E-state index in [-0.39, 0.29) is 23.5 Å². The van der Waals surface area contributed by atoms with Gasteiger partial charge in [-0.2, -0.15) is 5.10 Å². The van der Waals surface area contributed by atoms with E-state index in [1.54, 1.807) is 19.2 Å². The lowest BCUT2D eigenvalue weighted by Crippen LogP contribution is -2.35. The number of aryl methyl sites for hydroxylation is 1. The molecule has 2 heterocycles. The topological polar surface area (TPSA) is 109 Å². The molecule has 2 amide bonds. The van der Waals surface area contributed by atoms with Gasteiger partial charge in [0.25, 0.3) is 5.91 Å². The third kappa shape index (κ3) is 4.85. The third-order valence-electron chi connectivity index (χ3n) is 8.02. The number of H-pyrrole nitrogens is 1. The summed E-state index contributed by atoms with van der Waals surface area (Å²) in [5.41, 5.74) is 4.17. The molecule has 3 aromatic carbocycles. The Morgan fingerprint density at radius 2 is 1.83 bits per heavy atom. The van der Waals surface area contributed by atoms with Crippen LogP contribution in [0.4, 0.5) is 4.39 Å². The van der Waals surface area contributed by atoms with Crippen molar-refractivity contribution in [1.29, 1.82) is 0 Å². The van der Waals surface area contributed by atoms with Crippen LogP contribution >= 0.6 is 0 Å². The van der Waals surface area contributed by atoms with Crippen LogP contribution in [0.15, 0.2) is 60.7 Å². The normalized spacial score (nSPS) is 18.5. The van der Waals surface area contributed by atoms with Gasteiger partial charge in [-0.05, 0) is 78.4 Å². The number of benzene rings is 3. The van der Waals surface area contributed by atoms with Crippen molar-refractivity contribution >= 4 is 11.8 Å². The van der Waals surface area contributed by atoms with E-state index in [4.69, 9.17) is 4.74 Å². The van der Waals surface area contributed by atoms with E-state index >= 15 is 0 Å². The van der Waals surface area contributed by atoms with Crippen molar-refractivity contribution in [3.63, 3.8) is 0 Å². The summed E-state index contributed by atoms with van der Waals surface area (Å²) in [6.45, 7) is 6.07. The van der Waals surface area contributed by atoms with Crippen LogP contribution in [0.25, 0.3) is 11.1 Å². The minimum absolute atomic E-state index is 0.191. The Kier molecular flexibility index (Phi) is 6.60. The number of fused-ring (bicyclic) bond motifs is 1. The van der Waals surface area contributed by atoms with Crippen molar-refractivity contribution < 1.29 is 18.7 Å². The summed E-state index contributed by atoms with van der Waals surface area (Å²) in [5.74, 6) is 0.897. The van der Waals surface area contributed by atoms with Crippen LogP contribution in [0, 0.1) is 12.7 Å². The molecule has 1 aliphatic carbocycles. The number of hydrogen-bond acceptors (Lipinski definition) is 5. The van der Waals surface area contributed by atoms with Crippen LogP contribution in [-0.4, -0.2) is 34.0 Å². The average Bonchev–Trinajstić information content (AvgIpc) is 3.39. The molecule has 2 atom stereocenters. The number of hydrogen-bond donors (Lipinski definition) is 3. The number of amides is 2. The van der Waals surface area contributed by atoms with Gasteiger partial charge >= 0.3 is 0 Å². The number of aromatic amines is 1. The molecule has 0 saturated heterocycles. The highest BCUT2D eigenvalue weighted by Gasteiger charge is 2.49. The summed E-state index contributed by atoms with van der Waals surface area (Å²) in [6, 6.07) is 17.4. The highest BCUT2D eigenvalue weighted by Crippen LogP contribution is 2.48. The first-order chi connectivity index (χ1) is 19.7. The first-order valence-electron chi connectivity index (χ1n) is 13.8. The highest BCUT2D eigenvalue weighted by atomic mass is 19.1. The Balaban J connectivity index is 1.30. The lowest BCUT2D eigenvalue weighted by atomic mass is 9.88. The third-order valence-corrected chi connectivity index (χ3v) is 8.02. The monoisotopic (exact) mass is 553 g/mol. The van der Waals surface area contributed by atoms with Gasteiger partial charge in [0, 0.05) is 24.1 Å². The molecule has 8 nitrogen and oxygen atoms in total. The fourth-order valence-electron chi connectivity index (χ4n) is 5.42. The van der Waals surface area contributed by atoms with Gasteiger partial charge < -0.3 is 15.4 Å². The number of likely N-dealkylation sites (N-methyl/N-ethyl adjacent to an activating group) is 1. The van der Waals surface area contributed by atoms with E-state index in [0.717, 1.165) is 40.9 Å². The second-order valence-electron chi connectivity index (χ2n) is 11.2. The molecule has 1 aliphatic heterocycles. The Morgan fingerprint density at radius 3 is 2.49 bits per heavy atom. The van der Waals surface area contributed by atoms with Gasteiger partial charge in [0.1, 0.15) is 35.0 Å². The molecule has 4 aromatic rings. The zero-order valence-corrected chi connectivity index (χ0v) is 23.4. The SMILES string of the molecule is CNC(=O)C1c2cc(-c3cc(C(=O)NC4(c5n[nH]c(C(C)C)n5)CC4)ccc3C)ccc2OC1c1ccc(F)cc1. The van der Waals surface area contributed by atoms with Crippen LogP contribution in [-0.2, 0) is 10.3 Å². The van der Waals surface area contributed by atoms with Gasteiger partial charge in [-0.25, -0.2) is 9.37 Å². The Bertz CT molecular complexity index is 1640. The van der Waals surface area contributed by atoms with Gasteiger partial charge in [-0.1, -0.05) is 38.1 Å². The number of nitrogens with zero attached hydrogens (tertiary/aromatic N) is 2. The molecule has 2 unspecified atom stereocenters. The molecular formula is C32H32FN5O3. The number of halogens is 1. The van der Waals surface area contributed by atoms with Crippen LogP contribution < -0.4 is 15.4 Å². The molecule has 0 radical (unpaired) electrons. The number of ether oxygens (including phenoxy) is 1. The Hall–Kier alpha value is -4.53. The molecule has 2 aliphatic rings. The van der Waals surface area contributed by atoms with Crippen LogP contribution in [0.5, 0.6) is 5.75 Å². The molecule has 1 fully saturated rings. The van der Waals surface area contributed by atoms with Gasteiger partial charge in [-0.3, -0.25) is 14.7 Å². The first kappa shape index (κ1) is 26.7. The maximum atomic E-state index is 13.6. The van der Waals surface area contributed by atoms with Crippen molar-refractivity contribution in [3.05, 3.63) is 100 Å². The average molecular weight is 554 g/mol. The summed E-state index contributed by atoms with van der Waals surface area (Å²) in [4.78, 5) is 31.1. The molecule has 1 saturated carbocycles. The van der Waals surface area contributed by atoms with E-state index in [0.29, 0.717) is 22.7 Å². The molecule has 41 heavy (non-hydrogen) atoms. The summed E-state index contributed by atoms with van der Waals surface area (Å²) >= 11 is 0. The van der Waals surface area contributed by atoms with Crippen molar-refractivity contribution in [2.75, 3.05) is 7.05 Å². The Labute approximate surface area is 237 Å². The van der Waals surface area contributed by atoms with Crippen LogP contribution in [0.1, 0.15) is 83.3 Å². The summed E-state index contributed by atoms with van der Waals surface area (Å²) in [5, 5.41) is 13.3. The standard InChI is InChI=1S/C32H32FN5O3/c1-17(2)28-35-31(38-37-28)32(13-14-32)36-29(39)21-6-5-18(3)23(16-21)20-9-12-25-24(15-20)26(30(40)34-4)27(41-25)19-7-10-22(33)11-8-19/h5-12,15-17,26-27H,13-14H2,1-4H3,(H,34,40)(H,36,39)(H,35,37,38). The second kappa shape index (κ2) is 10.1. The smallest absolute Gasteiger partial charge is 0.252 e. The van der Waals surface area contributed by atoms with Crippen molar-refractivity contribution in [2.45, 2.75) is 57.1 Å². The van der Waals surface area contributed by atoms with Crippen LogP contribution in [0.3, 0.4) is 0 Å². The quantitative estimate of drug-likeness (QED) is 0.283. The summed E-state index contributed by atoms with van der Waals surface area (Å²) < 4.78 is 19.8. The molecule has 0 spiro atoms. The van der Waals surface area contributed by atoms with Gasteiger partial charge in [-0.15, -0.1) is 0 Å². The molecule has 3 N–H and O–H groups in total. The number of rotatable bonds is 7. The molecule has 210 valence electrons. The molecular weight excluding hydrogens is 521 g/mol. The maximum Gasteiger partial charge on any atom is 0.252 e. The lowest BCUT2D eigenvalue weighted by molar-refractivity contribution is -0.123. The van der Waals surface area contributed by atoms with E-state index in [2.05, 4.69) is 25.8 Å². The maximum absolute atomic E-state index is 13.6. The van der Waals surface area contributed by atoms with Gasteiger partial charge in [0.15, 0.2) is 5.82 Å². The first-order valence-corrected chi connectivity index (χ1v) is 13.8. The van der Waals surface area contributed by atoms with E-state index in [9.17, 15) is 14.0 Å². The summed E-state index contributed by atoms with van der Waals surface area (Å²) in [6.07, 6.45) is 0.988. The second-order valence-corrected chi connectivity index (χ2v) is 11.2. The minimum atomic E-state index is -0.612. The highest BCUT2D eigenvalue weighted by molar-refractivity contribution is 5.96. The Morgan fingerprint density at radius 1 is 1.07 bits per heavy atom. The molecule has 0 bridgehead atoms. The molecule has 9 heteroatoms. The van der Waals surface area contributed by atoms with Crippen molar-refractivity contribution in [2.24, 2.45) is 0 Å².